The minimum absolute atomic E-state index is 0.173. The molecule has 3 fully saturated rings. The van der Waals surface area contributed by atoms with E-state index in [0.717, 1.165) is 50.6 Å². The Morgan fingerprint density at radius 1 is 0.944 bits per heavy atom. The minimum atomic E-state index is -0.433. The summed E-state index contributed by atoms with van der Waals surface area (Å²) < 4.78 is 5.51. The van der Waals surface area contributed by atoms with Gasteiger partial charge in [0.25, 0.3) is 0 Å². The lowest BCUT2D eigenvalue weighted by Gasteiger charge is -2.36. The summed E-state index contributed by atoms with van der Waals surface area (Å²) in [5, 5.41) is 5.64. The van der Waals surface area contributed by atoms with Crippen molar-refractivity contribution in [1.82, 2.24) is 10.2 Å². The molecule has 8 nitrogen and oxygen atoms in total. The Labute approximate surface area is 215 Å². The zero-order chi connectivity index (χ0) is 25.7. The third-order valence-corrected chi connectivity index (χ3v) is 7.68. The van der Waals surface area contributed by atoms with Gasteiger partial charge in [-0.2, -0.15) is 0 Å². The van der Waals surface area contributed by atoms with E-state index in [1.165, 1.54) is 31.4 Å². The predicted octanol–water partition coefficient (Wildman–Crippen LogP) is 4.55. The topological polar surface area (TPSA) is 91.0 Å². The van der Waals surface area contributed by atoms with Crippen LogP contribution < -0.4 is 15.5 Å². The normalized spacial score (nSPS) is 22.4. The van der Waals surface area contributed by atoms with Crippen LogP contribution in [0.5, 0.6) is 0 Å². The first-order chi connectivity index (χ1) is 17.2. The minimum Gasteiger partial charge on any atom is -0.444 e. The van der Waals surface area contributed by atoms with Crippen LogP contribution in [0.4, 0.5) is 16.2 Å². The van der Waals surface area contributed by atoms with Crippen LogP contribution in [0.1, 0.15) is 72.1 Å². The number of hydrogen-bond donors (Lipinski definition) is 2. The van der Waals surface area contributed by atoms with E-state index in [2.05, 4.69) is 27.7 Å². The molecule has 3 saturated heterocycles. The number of benzene rings is 1. The van der Waals surface area contributed by atoms with E-state index in [4.69, 9.17) is 4.74 Å². The number of hydrogen-bond acceptors (Lipinski definition) is 6. The predicted molar refractivity (Wildman–Crippen MR) is 141 cm³/mol. The molecule has 198 valence electrons. The van der Waals surface area contributed by atoms with Crippen molar-refractivity contribution in [3.63, 3.8) is 0 Å². The molecule has 0 aromatic heterocycles. The van der Waals surface area contributed by atoms with Crippen LogP contribution in [0.3, 0.4) is 0 Å². The van der Waals surface area contributed by atoms with Crippen molar-refractivity contribution in [3.8, 4) is 0 Å². The molecule has 8 heteroatoms. The van der Waals surface area contributed by atoms with Crippen LogP contribution in [0, 0.1) is 11.8 Å². The summed E-state index contributed by atoms with van der Waals surface area (Å²) >= 11 is 0. The van der Waals surface area contributed by atoms with Crippen LogP contribution in [0.15, 0.2) is 24.3 Å². The molecule has 1 aromatic rings. The molecule has 3 amide bonds. The molecule has 3 aliphatic heterocycles. The fourth-order valence-electron chi connectivity index (χ4n) is 5.48. The van der Waals surface area contributed by atoms with Gasteiger partial charge in [-0.25, -0.2) is 4.79 Å². The van der Waals surface area contributed by atoms with E-state index >= 15 is 0 Å². The number of carbonyl (C=O) groups is 3. The van der Waals surface area contributed by atoms with Crippen molar-refractivity contribution in [3.05, 3.63) is 24.3 Å². The molecule has 1 aromatic carbocycles. The lowest BCUT2D eigenvalue weighted by Crippen LogP contribution is -2.47. The maximum absolute atomic E-state index is 12.3. The van der Waals surface area contributed by atoms with Gasteiger partial charge in [-0.05, 0) is 89.0 Å². The number of anilines is 2. The zero-order valence-electron chi connectivity index (χ0n) is 22.1. The highest BCUT2D eigenvalue weighted by Crippen LogP contribution is 2.31. The third-order valence-electron chi connectivity index (χ3n) is 7.68. The zero-order valence-corrected chi connectivity index (χ0v) is 22.1. The van der Waals surface area contributed by atoms with Crippen LogP contribution in [0.2, 0.25) is 0 Å². The Morgan fingerprint density at radius 2 is 1.53 bits per heavy atom. The molecule has 2 N–H and O–H groups in total. The van der Waals surface area contributed by atoms with E-state index in [-0.39, 0.29) is 23.9 Å². The summed E-state index contributed by atoms with van der Waals surface area (Å²) in [7, 11) is 0. The summed E-state index contributed by atoms with van der Waals surface area (Å²) in [6.45, 7) is 9.51. The van der Waals surface area contributed by atoms with Gasteiger partial charge >= 0.3 is 6.09 Å². The van der Waals surface area contributed by atoms with E-state index in [1.54, 1.807) is 0 Å². The molecule has 0 aliphatic carbocycles. The Bertz CT molecular complexity index is 910. The van der Waals surface area contributed by atoms with Crippen molar-refractivity contribution >= 4 is 29.3 Å². The molecule has 0 spiro atoms. The molecular formula is C28H42N4O4. The smallest absolute Gasteiger partial charge is 0.410 e. The van der Waals surface area contributed by atoms with Crippen LogP contribution in [-0.2, 0) is 14.3 Å². The maximum Gasteiger partial charge on any atom is 0.410 e. The van der Waals surface area contributed by atoms with Crippen LogP contribution in [-0.4, -0.2) is 60.6 Å². The molecule has 0 saturated carbocycles. The Kier molecular flexibility index (Phi) is 8.42. The van der Waals surface area contributed by atoms with E-state index < -0.39 is 5.60 Å². The quantitative estimate of drug-likeness (QED) is 0.560. The molecule has 1 atom stereocenters. The average Bonchev–Trinajstić information content (AvgIpc) is 2.84. The molecule has 1 unspecified atom stereocenters. The molecule has 0 bridgehead atoms. The second-order valence-electron chi connectivity index (χ2n) is 11.6. The van der Waals surface area contributed by atoms with Gasteiger partial charge in [0.15, 0.2) is 0 Å². The number of nitrogens with zero attached hydrogens (tertiary/aromatic N) is 2. The van der Waals surface area contributed by atoms with Gasteiger partial charge in [0.1, 0.15) is 11.6 Å². The molecule has 36 heavy (non-hydrogen) atoms. The van der Waals surface area contributed by atoms with Crippen molar-refractivity contribution in [1.29, 1.82) is 0 Å². The molecule has 3 aliphatic rings. The summed E-state index contributed by atoms with van der Waals surface area (Å²) in [6.07, 6.45) is 7.86. The lowest BCUT2D eigenvalue weighted by atomic mass is 9.85. The second-order valence-corrected chi connectivity index (χ2v) is 11.6. The van der Waals surface area contributed by atoms with Crippen molar-refractivity contribution in [2.45, 2.75) is 83.8 Å². The Hall–Kier alpha value is -2.77. The Balaban J connectivity index is 1.14. The average molecular weight is 499 g/mol. The van der Waals surface area contributed by atoms with Gasteiger partial charge in [0.2, 0.25) is 11.8 Å². The monoisotopic (exact) mass is 498 g/mol. The summed E-state index contributed by atoms with van der Waals surface area (Å²) in [5.41, 5.74) is 1.69. The fourth-order valence-corrected chi connectivity index (χ4v) is 5.48. The number of ether oxygens (including phenoxy) is 1. The van der Waals surface area contributed by atoms with Crippen LogP contribution >= 0.6 is 0 Å². The lowest BCUT2D eigenvalue weighted by molar-refractivity contribution is -0.133. The molecular weight excluding hydrogens is 456 g/mol. The summed E-state index contributed by atoms with van der Waals surface area (Å²) in [6, 6.07) is 7.93. The van der Waals surface area contributed by atoms with E-state index in [1.807, 2.05) is 37.8 Å². The SMILES string of the molecule is CC(C)(C)OC(=O)N1CCC(CCC2CCN(c3ccc(NC4CCC(=O)NC4=O)cc3)CC2)CC1. The first kappa shape index (κ1) is 26.3. The highest BCUT2D eigenvalue weighted by Gasteiger charge is 2.28. The maximum atomic E-state index is 12.3. The summed E-state index contributed by atoms with van der Waals surface area (Å²) in [5.74, 6) is 1.05. The number of rotatable bonds is 6. The van der Waals surface area contributed by atoms with E-state index in [0.29, 0.717) is 18.8 Å². The van der Waals surface area contributed by atoms with Crippen molar-refractivity contribution in [2.75, 3.05) is 36.4 Å². The Morgan fingerprint density at radius 3 is 2.08 bits per heavy atom. The first-order valence-corrected chi connectivity index (χ1v) is 13.6. The standard InChI is InChI=1S/C28H42N4O4/c1-28(2,3)36-27(35)32-18-14-21(15-19-32)5-4-20-12-16-31(17-13-20)23-8-6-22(7-9-23)29-24-10-11-25(33)30-26(24)34/h6-9,20-21,24,29H,4-5,10-19H2,1-3H3,(H,30,33,34). The van der Waals surface area contributed by atoms with E-state index in [9.17, 15) is 14.4 Å². The van der Waals surface area contributed by atoms with Gasteiger partial charge in [-0.15, -0.1) is 0 Å². The largest absolute Gasteiger partial charge is 0.444 e. The number of likely N-dealkylation sites (tertiary alicyclic amines) is 1. The first-order valence-electron chi connectivity index (χ1n) is 13.6. The van der Waals surface area contributed by atoms with Gasteiger partial charge in [-0.3, -0.25) is 14.9 Å². The van der Waals surface area contributed by atoms with Gasteiger partial charge in [0.05, 0.1) is 0 Å². The second kappa shape index (κ2) is 11.5. The van der Waals surface area contributed by atoms with Crippen molar-refractivity contribution in [2.24, 2.45) is 11.8 Å². The van der Waals surface area contributed by atoms with Crippen molar-refractivity contribution < 1.29 is 19.1 Å². The number of carbonyl (C=O) groups excluding carboxylic acids is 3. The number of nitrogens with one attached hydrogen (secondary N) is 2. The number of imide groups is 1. The van der Waals surface area contributed by atoms with Gasteiger partial charge in [0, 0.05) is 44.0 Å². The number of amides is 3. The molecule has 4 rings (SSSR count). The third kappa shape index (κ3) is 7.37. The highest BCUT2D eigenvalue weighted by atomic mass is 16.6. The highest BCUT2D eigenvalue weighted by molar-refractivity contribution is 6.01. The number of piperidine rings is 3. The van der Waals surface area contributed by atoms with Crippen LogP contribution in [0.25, 0.3) is 0 Å². The van der Waals surface area contributed by atoms with Gasteiger partial charge in [-0.1, -0.05) is 12.8 Å². The molecule has 3 heterocycles. The summed E-state index contributed by atoms with van der Waals surface area (Å²) in [4.78, 5) is 39.9. The van der Waals surface area contributed by atoms with Gasteiger partial charge < -0.3 is 19.9 Å². The molecule has 0 radical (unpaired) electrons. The fraction of sp³-hybridized carbons (Fsp3) is 0.679.